The summed E-state index contributed by atoms with van der Waals surface area (Å²) in [5.41, 5.74) is 7.85. The lowest BCUT2D eigenvalue weighted by atomic mass is 10.0. The second kappa shape index (κ2) is 7.74. The molecule has 152 valence electrons. The Hall–Kier alpha value is -3.08. The quantitative estimate of drug-likeness (QED) is 0.572. The van der Waals surface area contributed by atoms with Crippen LogP contribution in [0.1, 0.15) is 41.9 Å². The number of rotatable bonds is 4. The van der Waals surface area contributed by atoms with Gasteiger partial charge in [0, 0.05) is 29.3 Å². The first-order chi connectivity index (χ1) is 13.7. The van der Waals surface area contributed by atoms with Gasteiger partial charge in [-0.05, 0) is 82.5 Å². The third-order valence-electron chi connectivity index (χ3n) is 5.45. The molecule has 5 heteroatoms. The number of carbonyl (C=O) groups excluding carboxylic acids is 2. The Labute approximate surface area is 172 Å². The Morgan fingerprint density at radius 1 is 1.03 bits per heavy atom. The highest BCUT2D eigenvalue weighted by molar-refractivity contribution is 6.16. The number of methoxy groups -OCH3 is 1. The molecular weight excluding hydrogens is 364 g/mol. The summed E-state index contributed by atoms with van der Waals surface area (Å²) in [5.74, 6) is -0.650. The summed E-state index contributed by atoms with van der Waals surface area (Å²) < 4.78 is 7.13. The molecule has 2 aromatic rings. The van der Waals surface area contributed by atoms with E-state index in [2.05, 4.69) is 36.6 Å². The summed E-state index contributed by atoms with van der Waals surface area (Å²) in [7, 11) is 1.34. The van der Waals surface area contributed by atoms with E-state index < -0.39 is 5.97 Å². The lowest BCUT2D eigenvalue weighted by molar-refractivity contribution is -0.136. The zero-order valence-electron chi connectivity index (χ0n) is 18.2. The van der Waals surface area contributed by atoms with Gasteiger partial charge in [0.1, 0.15) is 0 Å². The number of ether oxygens (including phenoxy) is 1. The number of benzene rings is 1. The molecule has 0 aliphatic carbocycles. The highest BCUT2D eigenvalue weighted by Gasteiger charge is 2.36. The van der Waals surface area contributed by atoms with Crippen LogP contribution in [0.3, 0.4) is 0 Å². The summed E-state index contributed by atoms with van der Waals surface area (Å²) in [6.07, 6.45) is 1.81. The van der Waals surface area contributed by atoms with Crippen LogP contribution in [0.15, 0.2) is 41.1 Å². The van der Waals surface area contributed by atoms with Gasteiger partial charge < -0.3 is 14.2 Å². The molecule has 0 unspecified atom stereocenters. The Morgan fingerprint density at radius 2 is 1.66 bits per heavy atom. The molecule has 1 aromatic carbocycles. The van der Waals surface area contributed by atoms with Crippen LogP contribution < -0.4 is 0 Å². The van der Waals surface area contributed by atoms with Crippen LogP contribution in [0.4, 0.5) is 0 Å². The predicted octanol–water partition coefficient (Wildman–Crippen LogP) is 4.40. The van der Waals surface area contributed by atoms with E-state index in [0.717, 1.165) is 22.6 Å². The highest BCUT2D eigenvalue weighted by Crippen LogP contribution is 2.33. The number of hydrogen-bond donors (Lipinski definition) is 0. The van der Waals surface area contributed by atoms with E-state index in [1.807, 2.05) is 32.9 Å². The minimum Gasteiger partial charge on any atom is -0.465 e. The monoisotopic (exact) mass is 392 g/mol. The molecule has 3 rings (SSSR count). The van der Waals surface area contributed by atoms with Gasteiger partial charge in [-0.15, -0.1) is 0 Å². The fourth-order valence-corrected chi connectivity index (χ4v) is 4.18. The maximum absolute atomic E-state index is 12.9. The molecule has 0 fully saturated rings. The first-order valence-corrected chi connectivity index (χ1v) is 9.80. The smallest absolute Gasteiger partial charge is 0.340 e. The Bertz CT molecular complexity index is 1050. The van der Waals surface area contributed by atoms with Crippen molar-refractivity contribution in [3.05, 3.63) is 69.2 Å². The van der Waals surface area contributed by atoms with Crippen LogP contribution in [0.2, 0.25) is 0 Å². The first kappa shape index (κ1) is 20.6. The van der Waals surface area contributed by atoms with Crippen LogP contribution >= 0.6 is 0 Å². The third-order valence-corrected chi connectivity index (χ3v) is 5.45. The molecule has 2 heterocycles. The standard InChI is InChI=1S/C24H28N2O3/c1-8-25-18(6)22(24(28)29-7)21(23(25)27)13-19-12-16(4)26(17(19)5)20-10-14(2)9-15(3)11-20/h9-13H,8H2,1-7H3/b21-13-. The summed E-state index contributed by atoms with van der Waals surface area (Å²) in [6.45, 7) is 12.4. The number of hydrogen-bond acceptors (Lipinski definition) is 3. The van der Waals surface area contributed by atoms with E-state index in [1.165, 1.54) is 18.2 Å². The lowest BCUT2D eigenvalue weighted by Gasteiger charge is -2.14. The molecule has 1 aliphatic heterocycles. The van der Waals surface area contributed by atoms with Crippen LogP contribution in [0, 0.1) is 27.7 Å². The summed E-state index contributed by atoms with van der Waals surface area (Å²) in [4.78, 5) is 26.9. The highest BCUT2D eigenvalue weighted by atomic mass is 16.5. The van der Waals surface area contributed by atoms with E-state index in [-0.39, 0.29) is 5.91 Å². The molecule has 0 atom stereocenters. The zero-order valence-corrected chi connectivity index (χ0v) is 18.2. The minimum atomic E-state index is -0.485. The van der Waals surface area contributed by atoms with Gasteiger partial charge in [0.25, 0.3) is 5.91 Å². The Balaban J connectivity index is 2.16. The largest absolute Gasteiger partial charge is 0.465 e. The summed E-state index contributed by atoms with van der Waals surface area (Å²) >= 11 is 0. The molecule has 1 aliphatic rings. The molecule has 1 aromatic heterocycles. The van der Waals surface area contributed by atoms with Crippen molar-refractivity contribution in [2.24, 2.45) is 0 Å². The summed E-state index contributed by atoms with van der Waals surface area (Å²) in [6, 6.07) is 8.49. The van der Waals surface area contributed by atoms with E-state index in [9.17, 15) is 9.59 Å². The number of aromatic nitrogens is 1. The lowest BCUT2D eigenvalue weighted by Crippen LogP contribution is -2.24. The van der Waals surface area contributed by atoms with Crippen molar-refractivity contribution in [2.75, 3.05) is 13.7 Å². The van der Waals surface area contributed by atoms with Crippen molar-refractivity contribution in [1.82, 2.24) is 9.47 Å². The molecule has 0 spiro atoms. The van der Waals surface area contributed by atoms with Crippen molar-refractivity contribution >= 4 is 18.0 Å². The number of amides is 1. The number of allylic oxidation sites excluding steroid dienone is 1. The maximum atomic E-state index is 12.9. The molecule has 0 radical (unpaired) electrons. The number of aryl methyl sites for hydroxylation is 3. The molecule has 29 heavy (non-hydrogen) atoms. The Morgan fingerprint density at radius 3 is 2.21 bits per heavy atom. The second-order valence-corrected chi connectivity index (χ2v) is 7.57. The molecule has 1 amide bonds. The van der Waals surface area contributed by atoms with Gasteiger partial charge in [0.2, 0.25) is 0 Å². The topological polar surface area (TPSA) is 51.5 Å². The fourth-order valence-electron chi connectivity index (χ4n) is 4.18. The van der Waals surface area contributed by atoms with Crippen molar-refractivity contribution in [1.29, 1.82) is 0 Å². The Kier molecular flexibility index (Phi) is 5.51. The number of carbonyl (C=O) groups is 2. The first-order valence-electron chi connectivity index (χ1n) is 9.80. The molecular formula is C24H28N2O3. The maximum Gasteiger partial charge on any atom is 0.340 e. The third kappa shape index (κ3) is 3.53. The van der Waals surface area contributed by atoms with Crippen LogP contribution in [-0.4, -0.2) is 35.0 Å². The van der Waals surface area contributed by atoms with Gasteiger partial charge in [0.05, 0.1) is 18.3 Å². The average molecular weight is 392 g/mol. The van der Waals surface area contributed by atoms with Gasteiger partial charge >= 0.3 is 5.97 Å². The van der Waals surface area contributed by atoms with Crippen LogP contribution in [0.5, 0.6) is 0 Å². The van der Waals surface area contributed by atoms with Crippen LogP contribution in [0.25, 0.3) is 11.8 Å². The van der Waals surface area contributed by atoms with E-state index >= 15 is 0 Å². The molecule has 5 nitrogen and oxygen atoms in total. The minimum absolute atomic E-state index is 0.165. The van der Waals surface area contributed by atoms with Gasteiger partial charge in [-0.2, -0.15) is 0 Å². The average Bonchev–Trinajstić information content (AvgIpc) is 3.06. The predicted molar refractivity (Wildman–Crippen MR) is 115 cm³/mol. The molecule has 0 saturated carbocycles. The SMILES string of the molecule is CCN1C(=O)/C(=C\c2cc(C)n(-c3cc(C)cc(C)c3)c2C)C(C(=O)OC)=C1C. The van der Waals surface area contributed by atoms with E-state index in [4.69, 9.17) is 4.74 Å². The number of likely N-dealkylation sites (N-methyl/N-ethyl adjacent to an activating group) is 1. The van der Waals surface area contributed by atoms with Crippen LogP contribution in [-0.2, 0) is 14.3 Å². The van der Waals surface area contributed by atoms with Crippen molar-refractivity contribution in [3.63, 3.8) is 0 Å². The van der Waals surface area contributed by atoms with Gasteiger partial charge in [-0.25, -0.2) is 4.79 Å². The van der Waals surface area contributed by atoms with Crippen molar-refractivity contribution in [2.45, 2.75) is 41.5 Å². The number of nitrogens with zero attached hydrogens (tertiary/aromatic N) is 2. The van der Waals surface area contributed by atoms with E-state index in [1.54, 1.807) is 11.8 Å². The normalized spacial score (nSPS) is 15.6. The molecule has 0 N–H and O–H groups in total. The van der Waals surface area contributed by atoms with Gasteiger partial charge in [-0.3, -0.25) is 4.79 Å². The number of esters is 1. The van der Waals surface area contributed by atoms with Gasteiger partial charge in [-0.1, -0.05) is 6.07 Å². The molecule has 0 saturated heterocycles. The second-order valence-electron chi connectivity index (χ2n) is 7.57. The zero-order chi connectivity index (χ0) is 21.5. The van der Waals surface area contributed by atoms with Gasteiger partial charge in [0.15, 0.2) is 0 Å². The van der Waals surface area contributed by atoms with Crippen molar-refractivity contribution in [3.8, 4) is 5.69 Å². The fraction of sp³-hybridized carbons (Fsp3) is 0.333. The van der Waals surface area contributed by atoms with E-state index in [0.29, 0.717) is 23.4 Å². The summed E-state index contributed by atoms with van der Waals surface area (Å²) in [5, 5.41) is 0. The van der Waals surface area contributed by atoms with Crippen molar-refractivity contribution < 1.29 is 14.3 Å². The molecule has 0 bridgehead atoms.